The van der Waals surface area contributed by atoms with E-state index in [9.17, 15) is 9.59 Å². The number of fused-ring (bicyclic) bond motifs is 1. The van der Waals surface area contributed by atoms with Gasteiger partial charge >= 0.3 is 5.97 Å². The number of aromatic nitrogens is 2. The molecule has 0 aliphatic rings. The maximum atomic E-state index is 11.8. The summed E-state index contributed by atoms with van der Waals surface area (Å²) in [6.07, 6.45) is 1.76. The first-order valence-electron chi connectivity index (χ1n) is 7.70. The Balaban J connectivity index is 1.87. The van der Waals surface area contributed by atoms with Gasteiger partial charge in [-0.05, 0) is 18.4 Å². The number of aliphatic carboxylic acids is 1. The van der Waals surface area contributed by atoms with Crippen molar-refractivity contribution in [1.82, 2.24) is 14.9 Å². The molecule has 1 aromatic heterocycles. The third-order valence-corrected chi connectivity index (χ3v) is 4.64. The summed E-state index contributed by atoms with van der Waals surface area (Å²) in [4.78, 5) is 26.7. The highest BCUT2D eigenvalue weighted by atomic mass is 32.2. The van der Waals surface area contributed by atoms with Crippen molar-refractivity contribution in [2.45, 2.75) is 12.1 Å². The lowest BCUT2D eigenvalue weighted by atomic mass is 10.1. The molecule has 0 bridgehead atoms. The van der Waals surface area contributed by atoms with Crippen molar-refractivity contribution in [2.75, 3.05) is 12.3 Å². The number of amides is 1. The van der Waals surface area contributed by atoms with E-state index in [-0.39, 0.29) is 18.2 Å². The SMILES string of the molecule is Cc1cnc(SCC(=O)NCC(=O)O)n1-c1cccc2ccccc12. The van der Waals surface area contributed by atoms with Gasteiger partial charge in [0.15, 0.2) is 5.16 Å². The lowest BCUT2D eigenvalue weighted by Crippen LogP contribution is -2.30. The molecule has 1 heterocycles. The molecule has 0 spiro atoms. The van der Waals surface area contributed by atoms with Gasteiger partial charge in [-0.2, -0.15) is 0 Å². The van der Waals surface area contributed by atoms with E-state index in [1.165, 1.54) is 11.8 Å². The summed E-state index contributed by atoms with van der Waals surface area (Å²) in [6, 6.07) is 14.2. The van der Waals surface area contributed by atoms with Crippen LogP contribution < -0.4 is 5.32 Å². The summed E-state index contributed by atoms with van der Waals surface area (Å²) in [7, 11) is 0. The zero-order chi connectivity index (χ0) is 17.8. The van der Waals surface area contributed by atoms with Crippen molar-refractivity contribution in [3.05, 3.63) is 54.4 Å². The van der Waals surface area contributed by atoms with Gasteiger partial charge in [0.1, 0.15) is 6.54 Å². The molecule has 2 aromatic carbocycles. The molecule has 0 aliphatic carbocycles. The van der Waals surface area contributed by atoms with Gasteiger partial charge < -0.3 is 10.4 Å². The van der Waals surface area contributed by atoms with Crippen LogP contribution in [0.5, 0.6) is 0 Å². The van der Waals surface area contributed by atoms with Gasteiger partial charge in [0.05, 0.1) is 11.4 Å². The number of carboxylic acids is 1. The molecule has 0 fully saturated rings. The zero-order valence-corrected chi connectivity index (χ0v) is 14.4. The normalized spacial score (nSPS) is 10.8. The Kier molecular flexibility index (Phi) is 5.04. The fourth-order valence-corrected chi connectivity index (χ4v) is 3.43. The predicted octanol–water partition coefficient (Wildman–Crippen LogP) is 2.63. The monoisotopic (exact) mass is 355 g/mol. The maximum Gasteiger partial charge on any atom is 0.322 e. The van der Waals surface area contributed by atoms with Gasteiger partial charge in [-0.3, -0.25) is 14.2 Å². The van der Waals surface area contributed by atoms with Gasteiger partial charge in [0, 0.05) is 17.3 Å². The molecule has 1 amide bonds. The van der Waals surface area contributed by atoms with Crippen molar-refractivity contribution in [3.63, 3.8) is 0 Å². The van der Waals surface area contributed by atoms with Crippen LogP contribution in [0, 0.1) is 6.92 Å². The fourth-order valence-electron chi connectivity index (χ4n) is 2.57. The Hall–Kier alpha value is -2.80. The Morgan fingerprint density at radius 3 is 2.76 bits per heavy atom. The van der Waals surface area contributed by atoms with E-state index in [0.717, 1.165) is 22.2 Å². The molecule has 3 rings (SSSR count). The van der Waals surface area contributed by atoms with Crippen LogP contribution in [0.25, 0.3) is 16.5 Å². The number of benzene rings is 2. The molecule has 0 radical (unpaired) electrons. The van der Waals surface area contributed by atoms with Crippen LogP contribution in [0.1, 0.15) is 5.69 Å². The summed E-state index contributed by atoms with van der Waals surface area (Å²) in [5.74, 6) is -1.29. The third-order valence-electron chi connectivity index (χ3n) is 3.68. The number of rotatable bonds is 6. The topological polar surface area (TPSA) is 84.2 Å². The molecule has 128 valence electrons. The standard InChI is InChI=1S/C18H17N3O3S/c1-12-9-20-18(25-11-16(22)19-10-17(23)24)21(12)15-8-4-6-13-5-2-3-7-14(13)15/h2-9H,10-11H2,1H3,(H,19,22)(H,23,24). The van der Waals surface area contributed by atoms with E-state index in [1.807, 2.05) is 35.8 Å². The molecule has 7 heteroatoms. The van der Waals surface area contributed by atoms with Crippen molar-refractivity contribution in [1.29, 1.82) is 0 Å². The first kappa shape index (κ1) is 17.0. The summed E-state index contributed by atoms with van der Waals surface area (Å²) < 4.78 is 2.01. The average molecular weight is 355 g/mol. The minimum atomic E-state index is -1.06. The highest BCUT2D eigenvalue weighted by Crippen LogP contribution is 2.28. The van der Waals surface area contributed by atoms with Crippen LogP contribution >= 0.6 is 11.8 Å². The molecular weight excluding hydrogens is 338 g/mol. The molecule has 0 saturated heterocycles. The number of imidazole rings is 1. The van der Waals surface area contributed by atoms with Gasteiger partial charge in [-0.25, -0.2) is 4.98 Å². The number of aryl methyl sites for hydroxylation is 1. The molecule has 2 N–H and O–H groups in total. The Bertz CT molecular complexity index is 931. The van der Waals surface area contributed by atoms with Gasteiger partial charge in [-0.1, -0.05) is 48.2 Å². The summed E-state index contributed by atoms with van der Waals surface area (Å²) in [5.41, 5.74) is 1.96. The maximum absolute atomic E-state index is 11.8. The van der Waals surface area contributed by atoms with E-state index in [1.54, 1.807) is 6.20 Å². The van der Waals surface area contributed by atoms with Crippen LogP contribution in [0.3, 0.4) is 0 Å². The second kappa shape index (κ2) is 7.40. The molecule has 0 atom stereocenters. The van der Waals surface area contributed by atoms with E-state index in [2.05, 4.69) is 28.5 Å². The van der Waals surface area contributed by atoms with Crippen LogP contribution in [-0.2, 0) is 9.59 Å². The minimum absolute atomic E-state index is 0.106. The quantitative estimate of drug-likeness (QED) is 0.664. The highest BCUT2D eigenvalue weighted by Gasteiger charge is 2.14. The zero-order valence-electron chi connectivity index (χ0n) is 13.6. The van der Waals surface area contributed by atoms with Crippen LogP contribution in [0.2, 0.25) is 0 Å². The van der Waals surface area contributed by atoms with Gasteiger partial charge in [-0.15, -0.1) is 0 Å². The number of carbonyl (C=O) groups excluding carboxylic acids is 1. The molecular formula is C18H17N3O3S. The van der Waals surface area contributed by atoms with E-state index in [4.69, 9.17) is 5.11 Å². The smallest absolute Gasteiger partial charge is 0.322 e. The molecule has 25 heavy (non-hydrogen) atoms. The van der Waals surface area contributed by atoms with Crippen molar-refractivity contribution in [2.24, 2.45) is 0 Å². The number of nitrogens with zero attached hydrogens (tertiary/aromatic N) is 2. The lowest BCUT2D eigenvalue weighted by molar-refractivity contribution is -0.137. The van der Waals surface area contributed by atoms with Crippen molar-refractivity contribution < 1.29 is 14.7 Å². The predicted molar refractivity (Wildman–Crippen MR) is 97.2 cm³/mol. The average Bonchev–Trinajstić information content (AvgIpc) is 2.98. The molecule has 0 saturated carbocycles. The third kappa shape index (κ3) is 3.83. The van der Waals surface area contributed by atoms with Crippen molar-refractivity contribution in [3.8, 4) is 5.69 Å². The van der Waals surface area contributed by atoms with Gasteiger partial charge in [0.2, 0.25) is 5.91 Å². The van der Waals surface area contributed by atoms with Crippen LogP contribution in [0.4, 0.5) is 0 Å². The second-order valence-corrected chi connectivity index (χ2v) is 6.42. The Morgan fingerprint density at radius 1 is 1.20 bits per heavy atom. The highest BCUT2D eigenvalue weighted by molar-refractivity contribution is 7.99. The summed E-state index contributed by atoms with van der Waals surface area (Å²) in [6.45, 7) is 1.58. The molecule has 3 aromatic rings. The second-order valence-electron chi connectivity index (χ2n) is 5.47. The summed E-state index contributed by atoms with van der Waals surface area (Å²) >= 11 is 1.28. The molecule has 6 nitrogen and oxygen atoms in total. The minimum Gasteiger partial charge on any atom is -0.480 e. The molecule has 0 unspecified atom stereocenters. The van der Waals surface area contributed by atoms with Gasteiger partial charge in [0.25, 0.3) is 0 Å². The number of thioether (sulfide) groups is 1. The molecule has 0 aliphatic heterocycles. The van der Waals surface area contributed by atoms with E-state index >= 15 is 0 Å². The first-order chi connectivity index (χ1) is 12.1. The van der Waals surface area contributed by atoms with Crippen molar-refractivity contribution >= 4 is 34.4 Å². The number of hydrogen-bond donors (Lipinski definition) is 2. The lowest BCUT2D eigenvalue weighted by Gasteiger charge is -2.12. The van der Waals surface area contributed by atoms with E-state index in [0.29, 0.717) is 5.16 Å². The number of carboxylic acid groups (broad SMARTS) is 1. The Morgan fingerprint density at radius 2 is 1.96 bits per heavy atom. The Labute approximate surface area is 148 Å². The number of hydrogen-bond acceptors (Lipinski definition) is 4. The van der Waals surface area contributed by atoms with Crippen LogP contribution in [-0.4, -0.2) is 38.8 Å². The largest absolute Gasteiger partial charge is 0.480 e. The number of carbonyl (C=O) groups is 2. The van der Waals surface area contributed by atoms with E-state index < -0.39 is 5.97 Å². The van der Waals surface area contributed by atoms with Crippen LogP contribution in [0.15, 0.2) is 53.8 Å². The fraction of sp³-hybridized carbons (Fsp3) is 0.167. The number of nitrogens with one attached hydrogen (secondary N) is 1. The first-order valence-corrected chi connectivity index (χ1v) is 8.68. The summed E-state index contributed by atoms with van der Waals surface area (Å²) in [5, 5.41) is 13.9.